The number of amides is 2. The molecule has 2 amide bonds. The summed E-state index contributed by atoms with van der Waals surface area (Å²) in [5.41, 5.74) is 10.9. The first kappa shape index (κ1) is 43.8. The van der Waals surface area contributed by atoms with Crippen molar-refractivity contribution in [3.05, 3.63) is 92.3 Å². The van der Waals surface area contributed by atoms with Gasteiger partial charge in [0.05, 0.1) is 21.0 Å². The van der Waals surface area contributed by atoms with Gasteiger partial charge in [0, 0.05) is 0 Å². The lowest BCUT2D eigenvalue weighted by molar-refractivity contribution is -0.380. The molecule has 0 aliphatic carbocycles. The van der Waals surface area contributed by atoms with E-state index in [0.717, 1.165) is 35.1 Å². The highest BCUT2D eigenvalue weighted by molar-refractivity contribution is 7.19. The molecule has 4 aromatic rings. The fraction of sp³-hybridized carbons (Fsp3) is 0.312. The Labute approximate surface area is 317 Å². The first-order chi connectivity index (χ1) is 24.2. The standard InChI is InChI=1S/2C16H18N4O5S.ClH/c2*1-16(2,3)12(17)14(22)25-10-7-5-4-6-9(10)13(21)19-15-18-8-11(26-15)20(23)24;/h2*4-8,12H,17H2,1-3H3,(H,18,19,21);1H/t2*12-;/m11./s1. The fourth-order valence-electron chi connectivity index (χ4n) is 3.68. The maximum absolute atomic E-state index is 12.4. The van der Waals surface area contributed by atoms with Crippen LogP contribution in [0.25, 0.3) is 0 Å². The van der Waals surface area contributed by atoms with Gasteiger partial charge in [-0.1, -0.05) is 65.8 Å². The van der Waals surface area contributed by atoms with E-state index in [1.54, 1.807) is 65.8 Å². The minimum atomic E-state index is -0.875. The Balaban J connectivity index is 0.000000360. The van der Waals surface area contributed by atoms with E-state index in [4.69, 9.17) is 20.9 Å². The number of para-hydroxylation sites is 2. The Bertz CT molecular complexity index is 1830. The number of benzene rings is 2. The number of aromatic nitrogens is 2. The lowest BCUT2D eigenvalue weighted by atomic mass is 9.87. The summed E-state index contributed by atoms with van der Waals surface area (Å²) < 4.78 is 10.6. The molecule has 0 spiro atoms. The molecule has 2 atom stereocenters. The number of hydrogen-bond acceptors (Lipinski definition) is 16. The van der Waals surface area contributed by atoms with E-state index >= 15 is 0 Å². The van der Waals surface area contributed by atoms with Gasteiger partial charge in [0.2, 0.25) is 0 Å². The third-order valence-electron chi connectivity index (χ3n) is 6.85. The number of rotatable bonds is 10. The molecule has 0 aliphatic rings. The Morgan fingerprint density at radius 1 is 0.679 bits per heavy atom. The molecule has 0 bridgehead atoms. The van der Waals surface area contributed by atoms with Crippen LogP contribution in [0.1, 0.15) is 62.3 Å². The summed E-state index contributed by atoms with van der Waals surface area (Å²) in [4.78, 5) is 77.0. The second-order valence-electron chi connectivity index (χ2n) is 13.0. The number of anilines is 2. The highest BCUT2D eigenvalue weighted by atomic mass is 35.5. The summed E-state index contributed by atoms with van der Waals surface area (Å²) in [7, 11) is 0. The molecule has 53 heavy (non-hydrogen) atoms. The van der Waals surface area contributed by atoms with Crippen LogP contribution in [0.15, 0.2) is 60.9 Å². The van der Waals surface area contributed by atoms with E-state index < -0.39 is 56.5 Å². The molecule has 0 unspecified atom stereocenters. The number of nitro groups is 2. The number of halogens is 1. The van der Waals surface area contributed by atoms with Gasteiger partial charge in [-0.25, -0.2) is 19.6 Å². The molecule has 2 heterocycles. The van der Waals surface area contributed by atoms with Crippen molar-refractivity contribution in [2.75, 3.05) is 10.6 Å². The van der Waals surface area contributed by atoms with Crippen LogP contribution in [-0.4, -0.2) is 55.7 Å². The Hall–Kier alpha value is -5.41. The van der Waals surface area contributed by atoms with Gasteiger partial charge in [-0.15, -0.1) is 12.4 Å². The van der Waals surface area contributed by atoms with Crippen LogP contribution in [-0.2, 0) is 9.59 Å². The number of nitrogens with zero attached hydrogens (tertiary/aromatic N) is 4. The van der Waals surface area contributed by atoms with E-state index in [1.165, 1.54) is 24.3 Å². The van der Waals surface area contributed by atoms with Crippen LogP contribution >= 0.6 is 35.1 Å². The smallest absolute Gasteiger partial charge is 0.345 e. The number of carbonyl (C=O) groups is 4. The molecule has 2 aromatic carbocycles. The number of nitrogens with one attached hydrogen (secondary N) is 2. The van der Waals surface area contributed by atoms with Crippen LogP contribution in [0.3, 0.4) is 0 Å². The molecule has 21 heteroatoms. The fourth-order valence-corrected chi connectivity index (χ4v) is 4.94. The molecule has 284 valence electrons. The summed E-state index contributed by atoms with van der Waals surface area (Å²) in [6, 6.07) is 10.5. The van der Waals surface area contributed by atoms with Gasteiger partial charge in [0.15, 0.2) is 10.3 Å². The maximum atomic E-state index is 12.4. The predicted octanol–water partition coefficient (Wildman–Crippen LogP) is 5.59. The van der Waals surface area contributed by atoms with E-state index in [9.17, 15) is 39.4 Å². The van der Waals surface area contributed by atoms with Gasteiger partial charge in [-0.3, -0.25) is 40.5 Å². The van der Waals surface area contributed by atoms with E-state index in [-0.39, 0.29) is 55.3 Å². The molecule has 0 saturated heterocycles. The number of esters is 2. The van der Waals surface area contributed by atoms with Gasteiger partial charge in [0.1, 0.15) is 36.0 Å². The average Bonchev–Trinajstić information content (AvgIpc) is 3.74. The van der Waals surface area contributed by atoms with E-state index in [0.29, 0.717) is 0 Å². The van der Waals surface area contributed by atoms with Crippen molar-refractivity contribution >= 4 is 79.1 Å². The summed E-state index contributed by atoms with van der Waals surface area (Å²) in [6.45, 7) is 10.8. The van der Waals surface area contributed by atoms with Crippen LogP contribution in [0, 0.1) is 31.1 Å². The number of hydrogen-bond donors (Lipinski definition) is 4. The highest BCUT2D eigenvalue weighted by Crippen LogP contribution is 2.29. The number of thiazole rings is 2. The molecule has 4 rings (SSSR count). The minimum absolute atomic E-state index is 0. The van der Waals surface area contributed by atoms with Crippen LogP contribution < -0.4 is 31.6 Å². The second kappa shape index (κ2) is 18.4. The van der Waals surface area contributed by atoms with Crippen molar-refractivity contribution < 1.29 is 38.5 Å². The summed E-state index contributed by atoms with van der Waals surface area (Å²) in [5.74, 6) is -2.46. The quantitative estimate of drug-likeness (QED) is 0.0660. The van der Waals surface area contributed by atoms with Crippen LogP contribution in [0.2, 0.25) is 0 Å². The van der Waals surface area contributed by atoms with E-state index in [1.807, 2.05) is 0 Å². The highest BCUT2D eigenvalue weighted by Gasteiger charge is 2.31. The molecule has 18 nitrogen and oxygen atoms in total. The summed E-state index contributed by atoms with van der Waals surface area (Å²) in [5, 5.41) is 26.0. The number of ether oxygens (including phenoxy) is 2. The Kier molecular flexibility index (Phi) is 15.2. The Morgan fingerprint density at radius 2 is 1.00 bits per heavy atom. The zero-order chi connectivity index (χ0) is 39.0. The zero-order valence-corrected chi connectivity index (χ0v) is 31.6. The minimum Gasteiger partial charge on any atom is -0.425 e. The van der Waals surface area contributed by atoms with Gasteiger partial charge < -0.3 is 20.9 Å². The van der Waals surface area contributed by atoms with Crippen molar-refractivity contribution in [1.29, 1.82) is 0 Å². The van der Waals surface area contributed by atoms with Crippen molar-refractivity contribution in [2.45, 2.75) is 53.6 Å². The molecule has 0 fully saturated rings. The van der Waals surface area contributed by atoms with E-state index in [2.05, 4.69) is 20.6 Å². The van der Waals surface area contributed by atoms with Crippen molar-refractivity contribution in [1.82, 2.24) is 9.97 Å². The maximum Gasteiger partial charge on any atom is 0.345 e. The molecular formula is C32H37ClN8O10S2. The van der Waals surface area contributed by atoms with Crippen LogP contribution in [0.5, 0.6) is 11.5 Å². The number of nitrogens with two attached hydrogens (primary N) is 2. The van der Waals surface area contributed by atoms with Crippen molar-refractivity contribution in [2.24, 2.45) is 22.3 Å². The lowest BCUT2D eigenvalue weighted by Crippen LogP contribution is -2.44. The summed E-state index contributed by atoms with van der Waals surface area (Å²) in [6.07, 6.45) is 2.10. The third kappa shape index (κ3) is 12.4. The zero-order valence-electron chi connectivity index (χ0n) is 29.2. The lowest BCUT2D eigenvalue weighted by Gasteiger charge is -2.25. The molecule has 2 aromatic heterocycles. The van der Waals surface area contributed by atoms with Gasteiger partial charge in [-0.05, 0) is 57.8 Å². The molecule has 0 radical (unpaired) electrons. The predicted molar refractivity (Wildman–Crippen MR) is 200 cm³/mol. The average molecular weight is 793 g/mol. The van der Waals surface area contributed by atoms with Gasteiger partial charge >= 0.3 is 21.9 Å². The van der Waals surface area contributed by atoms with Gasteiger partial charge in [0.25, 0.3) is 11.8 Å². The monoisotopic (exact) mass is 792 g/mol. The molecular weight excluding hydrogens is 756 g/mol. The largest absolute Gasteiger partial charge is 0.425 e. The topological polar surface area (TPSA) is 275 Å². The molecule has 0 aliphatic heterocycles. The van der Waals surface area contributed by atoms with Crippen LogP contribution in [0.4, 0.5) is 20.3 Å². The first-order valence-corrected chi connectivity index (χ1v) is 16.8. The third-order valence-corrected chi connectivity index (χ3v) is 8.58. The van der Waals surface area contributed by atoms with Crippen molar-refractivity contribution in [3.8, 4) is 11.5 Å². The van der Waals surface area contributed by atoms with Gasteiger partial charge in [-0.2, -0.15) is 0 Å². The molecule has 0 saturated carbocycles. The second-order valence-corrected chi connectivity index (χ2v) is 15.0. The number of carbonyl (C=O) groups excluding carboxylic acids is 4. The van der Waals surface area contributed by atoms with Crippen molar-refractivity contribution in [3.63, 3.8) is 0 Å². The Morgan fingerprint density at radius 3 is 1.28 bits per heavy atom. The normalized spacial score (nSPS) is 12.1. The molecule has 6 N–H and O–H groups in total. The summed E-state index contributed by atoms with van der Waals surface area (Å²) >= 11 is 1.44. The SMILES string of the molecule is CC(C)(C)[C@H](N)C(=O)Oc1ccccc1C(=O)Nc1ncc([N+](=O)[O-])s1.CC(C)(C)[C@H](N)C(=O)Oc1ccccc1C(=O)Nc1ncc([N+](=O)[O-])s1.Cl. The first-order valence-electron chi connectivity index (χ1n) is 15.1.